The lowest BCUT2D eigenvalue weighted by atomic mass is 9.75. The largest absolute Gasteiger partial charge is 0.454 e. The molecule has 0 saturated heterocycles. The summed E-state index contributed by atoms with van der Waals surface area (Å²) in [5, 5.41) is 0. The minimum atomic E-state index is -0.188. The van der Waals surface area contributed by atoms with E-state index >= 15 is 0 Å². The maximum atomic E-state index is 12.3. The van der Waals surface area contributed by atoms with Gasteiger partial charge in [-0.3, -0.25) is 4.79 Å². The smallest absolute Gasteiger partial charge is 0.231 e. The Balaban J connectivity index is 1.87. The summed E-state index contributed by atoms with van der Waals surface area (Å²) in [4.78, 5) is 14.3. The predicted octanol–water partition coefficient (Wildman–Crippen LogP) is 3.23. The molecule has 5 heteroatoms. The number of methoxy groups -OCH3 is 1. The van der Waals surface area contributed by atoms with E-state index in [9.17, 15) is 4.79 Å². The molecular weight excluding hydrogens is 318 g/mol. The van der Waals surface area contributed by atoms with Gasteiger partial charge in [-0.15, -0.1) is 0 Å². The molecule has 3 aliphatic rings. The standard InChI is InChI=1S/C20H19NO4/c1-11(22)21-8-7-12-9-15-20(25-10-24-15)17-13-5-3-4-6-14(13)19(23-2)18(21)16(12)17/h3-6,9,18-19H,7-8,10H2,1-2H3/t18-,19+/m0/s1. The van der Waals surface area contributed by atoms with Gasteiger partial charge in [0.15, 0.2) is 11.5 Å². The van der Waals surface area contributed by atoms with Crippen LogP contribution in [-0.2, 0) is 16.0 Å². The molecule has 0 bridgehead atoms. The summed E-state index contributed by atoms with van der Waals surface area (Å²) in [6.45, 7) is 2.56. The lowest BCUT2D eigenvalue weighted by molar-refractivity contribution is -0.135. The van der Waals surface area contributed by atoms with E-state index in [2.05, 4.69) is 18.2 Å². The van der Waals surface area contributed by atoms with Crippen molar-refractivity contribution < 1.29 is 19.0 Å². The molecular formula is C20H19NO4. The Bertz CT molecular complexity index is 892. The van der Waals surface area contributed by atoms with Crippen molar-refractivity contribution in [2.75, 3.05) is 20.4 Å². The molecule has 1 aliphatic carbocycles. The summed E-state index contributed by atoms with van der Waals surface area (Å²) < 4.78 is 17.4. The molecule has 128 valence electrons. The monoisotopic (exact) mass is 337 g/mol. The Kier molecular flexibility index (Phi) is 3.09. The highest BCUT2D eigenvalue weighted by Crippen LogP contribution is 2.57. The Labute approximate surface area is 146 Å². The molecule has 5 rings (SSSR count). The molecule has 25 heavy (non-hydrogen) atoms. The van der Waals surface area contributed by atoms with Crippen molar-refractivity contribution in [2.45, 2.75) is 25.5 Å². The molecule has 2 aromatic rings. The summed E-state index contributed by atoms with van der Waals surface area (Å²) in [5.41, 5.74) is 5.62. The second kappa shape index (κ2) is 5.23. The third-order valence-electron chi connectivity index (χ3n) is 5.52. The lowest BCUT2D eigenvalue weighted by Gasteiger charge is -2.45. The van der Waals surface area contributed by atoms with E-state index in [4.69, 9.17) is 14.2 Å². The molecule has 2 aromatic carbocycles. The highest BCUT2D eigenvalue weighted by Gasteiger charge is 2.44. The number of nitrogens with zero attached hydrogens (tertiary/aromatic N) is 1. The molecule has 0 spiro atoms. The molecule has 0 unspecified atom stereocenters. The molecule has 1 amide bonds. The van der Waals surface area contributed by atoms with Crippen LogP contribution in [0.2, 0.25) is 0 Å². The minimum Gasteiger partial charge on any atom is -0.454 e. The molecule has 0 N–H and O–H groups in total. The molecule has 5 nitrogen and oxygen atoms in total. The Morgan fingerprint density at radius 3 is 2.92 bits per heavy atom. The first-order valence-corrected chi connectivity index (χ1v) is 8.55. The van der Waals surface area contributed by atoms with E-state index in [0.29, 0.717) is 6.54 Å². The van der Waals surface area contributed by atoms with Gasteiger partial charge in [-0.2, -0.15) is 0 Å². The molecule has 0 fully saturated rings. The first kappa shape index (κ1) is 14.8. The first-order chi connectivity index (χ1) is 12.2. The number of ether oxygens (including phenoxy) is 3. The van der Waals surface area contributed by atoms with Crippen molar-refractivity contribution in [3.05, 3.63) is 47.0 Å². The molecule has 2 heterocycles. The number of hydrogen-bond donors (Lipinski definition) is 0. The van der Waals surface area contributed by atoms with E-state index < -0.39 is 0 Å². The summed E-state index contributed by atoms with van der Waals surface area (Å²) in [6.07, 6.45) is 0.625. The van der Waals surface area contributed by atoms with Crippen LogP contribution in [0, 0.1) is 0 Å². The zero-order valence-corrected chi connectivity index (χ0v) is 14.2. The molecule has 2 aliphatic heterocycles. The highest BCUT2D eigenvalue weighted by atomic mass is 16.7. The van der Waals surface area contributed by atoms with Gasteiger partial charge in [0.05, 0.1) is 6.04 Å². The average molecular weight is 337 g/mol. The summed E-state index contributed by atoms with van der Waals surface area (Å²) >= 11 is 0. The van der Waals surface area contributed by atoms with Gasteiger partial charge in [-0.05, 0) is 34.7 Å². The maximum Gasteiger partial charge on any atom is 0.231 e. The molecule has 0 aromatic heterocycles. The van der Waals surface area contributed by atoms with E-state index in [-0.39, 0.29) is 24.8 Å². The third-order valence-corrected chi connectivity index (χ3v) is 5.52. The van der Waals surface area contributed by atoms with Crippen molar-refractivity contribution in [2.24, 2.45) is 0 Å². The zero-order chi connectivity index (χ0) is 17.1. The van der Waals surface area contributed by atoms with E-state index in [1.807, 2.05) is 17.0 Å². The van der Waals surface area contributed by atoms with Gasteiger partial charge in [0.1, 0.15) is 6.10 Å². The second-order valence-electron chi connectivity index (χ2n) is 6.71. The second-order valence-corrected chi connectivity index (χ2v) is 6.71. The van der Waals surface area contributed by atoms with Crippen LogP contribution >= 0.6 is 0 Å². The van der Waals surface area contributed by atoms with Crippen molar-refractivity contribution in [1.82, 2.24) is 4.90 Å². The Morgan fingerprint density at radius 1 is 1.28 bits per heavy atom. The Hall–Kier alpha value is -2.53. The van der Waals surface area contributed by atoms with Crippen molar-refractivity contribution in [3.63, 3.8) is 0 Å². The number of carbonyl (C=O) groups is 1. The van der Waals surface area contributed by atoms with Gasteiger partial charge in [0.2, 0.25) is 12.7 Å². The van der Waals surface area contributed by atoms with Crippen LogP contribution in [0.25, 0.3) is 11.1 Å². The highest BCUT2D eigenvalue weighted by molar-refractivity contribution is 5.86. The summed E-state index contributed by atoms with van der Waals surface area (Å²) in [5.74, 6) is 1.66. The number of rotatable bonds is 1. The van der Waals surface area contributed by atoms with Gasteiger partial charge < -0.3 is 19.1 Å². The SMILES string of the molecule is CO[C@@H]1c2ccccc2-c2c3c(cc4c2[C@@H]1N(C(C)=O)CC4)OCO3. The quantitative estimate of drug-likeness (QED) is 0.802. The van der Waals surface area contributed by atoms with Crippen LogP contribution in [0.5, 0.6) is 11.5 Å². The van der Waals surface area contributed by atoms with E-state index in [0.717, 1.165) is 40.2 Å². The lowest BCUT2D eigenvalue weighted by Crippen LogP contribution is -2.43. The number of amides is 1. The van der Waals surface area contributed by atoms with Crippen LogP contribution in [0.4, 0.5) is 0 Å². The fraction of sp³-hybridized carbons (Fsp3) is 0.350. The number of benzene rings is 2. The van der Waals surface area contributed by atoms with Gasteiger partial charge in [0, 0.05) is 26.1 Å². The van der Waals surface area contributed by atoms with Crippen LogP contribution < -0.4 is 9.47 Å². The van der Waals surface area contributed by atoms with Crippen LogP contribution in [0.15, 0.2) is 30.3 Å². The number of fused-ring (bicyclic) bond motifs is 4. The third kappa shape index (κ3) is 1.90. The minimum absolute atomic E-state index is 0.0701. The summed E-state index contributed by atoms with van der Waals surface area (Å²) in [7, 11) is 1.71. The topological polar surface area (TPSA) is 48.0 Å². The van der Waals surface area contributed by atoms with Gasteiger partial charge in [-0.1, -0.05) is 24.3 Å². The average Bonchev–Trinajstić information content (AvgIpc) is 3.09. The van der Waals surface area contributed by atoms with Crippen LogP contribution in [-0.4, -0.2) is 31.3 Å². The molecule has 0 saturated carbocycles. The summed E-state index contributed by atoms with van der Waals surface area (Å²) in [6, 6.07) is 10.2. The predicted molar refractivity (Wildman–Crippen MR) is 91.6 cm³/mol. The number of hydrogen-bond acceptors (Lipinski definition) is 4. The fourth-order valence-electron chi connectivity index (χ4n) is 4.52. The zero-order valence-electron chi connectivity index (χ0n) is 14.2. The first-order valence-electron chi connectivity index (χ1n) is 8.55. The fourth-order valence-corrected chi connectivity index (χ4v) is 4.52. The molecule has 2 atom stereocenters. The van der Waals surface area contributed by atoms with Crippen molar-refractivity contribution in [3.8, 4) is 22.6 Å². The maximum absolute atomic E-state index is 12.3. The Morgan fingerprint density at radius 2 is 2.12 bits per heavy atom. The van der Waals surface area contributed by atoms with Crippen molar-refractivity contribution in [1.29, 1.82) is 0 Å². The van der Waals surface area contributed by atoms with E-state index in [1.165, 1.54) is 5.56 Å². The van der Waals surface area contributed by atoms with Gasteiger partial charge in [-0.25, -0.2) is 0 Å². The van der Waals surface area contributed by atoms with E-state index in [1.54, 1.807) is 14.0 Å². The van der Waals surface area contributed by atoms with Crippen LogP contribution in [0.3, 0.4) is 0 Å². The van der Waals surface area contributed by atoms with Gasteiger partial charge >= 0.3 is 0 Å². The van der Waals surface area contributed by atoms with Gasteiger partial charge in [0.25, 0.3) is 0 Å². The van der Waals surface area contributed by atoms with Crippen LogP contribution in [0.1, 0.15) is 35.8 Å². The van der Waals surface area contributed by atoms with Crippen molar-refractivity contribution >= 4 is 5.91 Å². The normalized spacial score (nSPS) is 22.4. The molecule has 0 radical (unpaired) electrons. The number of carbonyl (C=O) groups excluding carboxylic acids is 1.